The maximum atomic E-state index is 13.6. The first-order valence-electron chi connectivity index (χ1n) is 7.33. The van der Waals surface area contributed by atoms with Gasteiger partial charge in [0.25, 0.3) is 11.6 Å². The number of nitro benzene ring substituents is 1. The number of hydrogen-bond acceptors (Lipinski definition) is 6. The molecule has 0 saturated carbocycles. The number of nitrogens with zero attached hydrogens (tertiary/aromatic N) is 1. The fraction of sp³-hybridized carbons (Fsp3) is 0.0588. The molecule has 0 radical (unpaired) electrons. The van der Waals surface area contributed by atoms with Gasteiger partial charge in [-0.15, -0.1) is 11.3 Å². The van der Waals surface area contributed by atoms with Gasteiger partial charge in [0, 0.05) is 16.8 Å². The van der Waals surface area contributed by atoms with Crippen LogP contribution in [0.25, 0.3) is 10.1 Å². The lowest BCUT2D eigenvalue weighted by Gasteiger charge is -2.06. The molecule has 0 aliphatic carbocycles. The molecular weight excluding hydrogens is 363 g/mol. The summed E-state index contributed by atoms with van der Waals surface area (Å²) in [6.45, 7) is -0.644. The van der Waals surface area contributed by atoms with Gasteiger partial charge < -0.3 is 10.1 Å². The minimum atomic E-state index is -0.834. The summed E-state index contributed by atoms with van der Waals surface area (Å²) in [5.74, 6) is -2.32. The SMILES string of the molecule is O=C(COC(=O)c1cc2ccccc2s1)Nc1cc([N+](=O)[O-])ccc1F. The summed E-state index contributed by atoms with van der Waals surface area (Å²) >= 11 is 1.23. The fourth-order valence-corrected chi connectivity index (χ4v) is 3.15. The van der Waals surface area contributed by atoms with E-state index in [-0.39, 0.29) is 11.4 Å². The molecule has 0 aliphatic heterocycles. The lowest BCUT2D eigenvalue weighted by atomic mass is 10.2. The summed E-state index contributed by atoms with van der Waals surface area (Å²) in [5.41, 5.74) is -0.730. The Morgan fingerprint density at radius 2 is 1.96 bits per heavy atom. The van der Waals surface area contributed by atoms with Crippen LogP contribution in [-0.4, -0.2) is 23.4 Å². The Morgan fingerprint density at radius 1 is 1.19 bits per heavy atom. The van der Waals surface area contributed by atoms with Gasteiger partial charge in [0.05, 0.1) is 10.6 Å². The van der Waals surface area contributed by atoms with Crippen LogP contribution in [-0.2, 0) is 9.53 Å². The maximum Gasteiger partial charge on any atom is 0.348 e. The monoisotopic (exact) mass is 374 g/mol. The van der Waals surface area contributed by atoms with Crippen molar-refractivity contribution in [2.24, 2.45) is 0 Å². The Morgan fingerprint density at radius 3 is 2.69 bits per heavy atom. The number of anilines is 1. The number of fused-ring (bicyclic) bond motifs is 1. The van der Waals surface area contributed by atoms with Crippen molar-refractivity contribution in [1.29, 1.82) is 0 Å². The number of hydrogen-bond donors (Lipinski definition) is 1. The van der Waals surface area contributed by atoms with Crippen molar-refractivity contribution in [2.75, 3.05) is 11.9 Å². The zero-order valence-corrected chi connectivity index (χ0v) is 13.9. The molecule has 9 heteroatoms. The van der Waals surface area contributed by atoms with Crippen LogP contribution in [0, 0.1) is 15.9 Å². The first-order valence-corrected chi connectivity index (χ1v) is 8.15. The van der Waals surface area contributed by atoms with Crippen LogP contribution < -0.4 is 5.32 Å². The molecule has 132 valence electrons. The Labute approximate surface area is 150 Å². The third-order valence-electron chi connectivity index (χ3n) is 3.40. The molecular formula is C17H11FN2O5S. The summed E-state index contributed by atoms with van der Waals surface area (Å²) in [5, 5.41) is 13.7. The average Bonchev–Trinajstić information content (AvgIpc) is 3.05. The second kappa shape index (κ2) is 7.28. The largest absolute Gasteiger partial charge is 0.451 e. The molecule has 0 bridgehead atoms. The van der Waals surface area contributed by atoms with Gasteiger partial charge in [-0.3, -0.25) is 14.9 Å². The summed E-state index contributed by atoms with van der Waals surface area (Å²) in [4.78, 5) is 34.2. The quantitative estimate of drug-likeness (QED) is 0.417. The standard InChI is InChI=1S/C17H11FN2O5S/c18-12-6-5-11(20(23)24)8-13(12)19-16(21)9-25-17(22)15-7-10-3-1-2-4-14(10)26-15/h1-8H,9H2,(H,19,21). The first kappa shape index (κ1) is 17.5. The van der Waals surface area contributed by atoms with E-state index >= 15 is 0 Å². The highest BCUT2D eigenvalue weighted by molar-refractivity contribution is 7.20. The van der Waals surface area contributed by atoms with E-state index in [1.54, 1.807) is 6.07 Å². The number of esters is 1. The number of ether oxygens (including phenoxy) is 1. The van der Waals surface area contributed by atoms with E-state index in [1.165, 1.54) is 11.3 Å². The normalized spacial score (nSPS) is 10.5. The molecule has 0 spiro atoms. The second-order valence-corrected chi connectivity index (χ2v) is 6.28. The molecule has 0 aliphatic rings. The first-order chi connectivity index (χ1) is 12.4. The van der Waals surface area contributed by atoms with Crippen molar-refractivity contribution in [3.63, 3.8) is 0 Å². The predicted octanol–water partition coefficient (Wildman–Crippen LogP) is 3.74. The Bertz CT molecular complexity index is 984. The van der Waals surface area contributed by atoms with Crippen molar-refractivity contribution >= 4 is 44.7 Å². The molecule has 3 rings (SSSR count). The number of carbonyl (C=O) groups is 2. The smallest absolute Gasteiger partial charge is 0.348 e. The van der Waals surface area contributed by atoms with Crippen molar-refractivity contribution < 1.29 is 23.6 Å². The third kappa shape index (κ3) is 3.83. The molecule has 0 fully saturated rings. The van der Waals surface area contributed by atoms with E-state index in [1.807, 2.05) is 24.3 Å². The van der Waals surface area contributed by atoms with Gasteiger partial charge in [0.15, 0.2) is 6.61 Å². The number of carbonyl (C=O) groups excluding carboxylic acids is 2. The molecule has 2 aromatic carbocycles. The molecule has 1 amide bonds. The highest BCUT2D eigenvalue weighted by Gasteiger charge is 2.16. The van der Waals surface area contributed by atoms with Gasteiger partial charge in [-0.1, -0.05) is 18.2 Å². The number of non-ortho nitro benzene ring substituents is 1. The molecule has 1 heterocycles. The minimum Gasteiger partial charge on any atom is -0.451 e. The summed E-state index contributed by atoms with van der Waals surface area (Å²) < 4.78 is 19.4. The Kier molecular flexibility index (Phi) is 4.90. The van der Waals surface area contributed by atoms with Crippen LogP contribution in [0.3, 0.4) is 0 Å². The average molecular weight is 374 g/mol. The number of rotatable bonds is 5. The van der Waals surface area contributed by atoms with Gasteiger partial charge in [0.1, 0.15) is 10.7 Å². The van der Waals surface area contributed by atoms with Gasteiger partial charge >= 0.3 is 5.97 Å². The summed E-state index contributed by atoms with van der Waals surface area (Å²) in [6.07, 6.45) is 0. The number of thiophene rings is 1. The van der Waals surface area contributed by atoms with Gasteiger partial charge in [0.2, 0.25) is 0 Å². The molecule has 1 N–H and O–H groups in total. The van der Waals surface area contributed by atoms with Crippen LogP contribution in [0.1, 0.15) is 9.67 Å². The molecule has 1 aromatic heterocycles. The molecule has 7 nitrogen and oxygen atoms in total. The van der Waals surface area contributed by atoms with E-state index in [0.29, 0.717) is 4.88 Å². The lowest BCUT2D eigenvalue weighted by Crippen LogP contribution is -2.21. The van der Waals surface area contributed by atoms with Crippen LogP contribution in [0.5, 0.6) is 0 Å². The topological polar surface area (TPSA) is 98.5 Å². The Hall–Kier alpha value is -3.33. The van der Waals surface area contributed by atoms with Crippen molar-refractivity contribution in [1.82, 2.24) is 0 Å². The molecule has 0 unspecified atom stereocenters. The van der Waals surface area contributed by atoms with E-state index < -0.39 is 29.2 Å². The molecule has 0 atom stereocenters. The highest BCUT2D eigenvalue weighted by atomic mass is 32.1. The van der Waals surface area contributed by atoms with Crippen molar-refractivity contribution in [3.05, 3.63) is 69.3 Å². The van der Waals surface area contributed by atoms with E-state index in [0.717, 1.165) is 28.3 Å². The van der Waals surface area contributed by atoms with Gasteiger partial charge in [-0.05, 0) is 23.6 Å². The molecule has 0 saturated heterocycles. The minimum absolute atomic E-state index is 0.334. The number of nitrogens with one attached hydrogen (secondary N) is 1. The van der Waals surface area contributed by atoms with Gasteiger partial charge in [-0.25, -0.2) is 9.18 Å². The zero-order valence-electron chi connectivity index (χ0n) is 13.1. The second-order valence-electron chi connectivity index (χ2n) is 5.19. The van der Waals surface area contributed by atoms with E-state index in [9.17, 15) is 24.1 Å². The van der Waals surface area contributed by atoms with Crippen molar-refractivity contribution in [2.45, 2.75) is 0 Å². The van der Waals surface area contributed by atoms with Crippen molar-refractivity contribution in [3.8, 4) is 0 Å². The zero-order chi connectivity index (χ0) is 18.7. The van der Waals surface area contributed by atoms with Gasteiger partial charge in [-0.2, -0.15) is 0 Å². The van der Waals surface area contributed by atoms with Crippen LogP contribution >= 0.6 is 11.3 Å². The number of nitro groups is 1. The maximum absolute atomic E-state index is 13.6. The summed E-state index contributed by atoms with van der Waals surface area (Å²) in [7, 11) is 0. The highest BCUT2D eigenvalue weighted by Crippen LogP contribution is 2.26. The number of halogens is 1. The molecule has 3 aromatic rings. The Balaban J connectivity index is 1.62. The van der Waals surface area contributed by atoms with E-state index in [4.69, 9.17) is 4.74 Å². The fourth-order valence-electron chi connectivity index (χ4n) is 2.19. The third-order valence-corrected chi connectivity index (χ3v) is 4.49. The number of benzene rings is 2. The predicted molar refractivity (Wildman–Crippen MR) is 93.8 cm³/mol. The lowest BCUT2D eigenvalue weighted by molar-refractivity contribution is -0.384. The number of amides is 1. The summed E-state index contributed by atoms with van der Waals surface area (Å²) in [6, 6.07) is 11.8. The van der Waals surface area contributed by atoms with E-state index in [2.05, 4.69) is 5.32 Å². The van der Waals surface area contributed by atoms with Crippen LogP contribution in [0.15, 0.2) is 48.5 Å². The van der Waals surface area contributed by atoms with Crippen LogP contribution in [0.2, 0.25) is 0 Å². The van der Waals surface area contributed by atoms with Crippen LogP contribution in [0.4, 0.5) is 15.8 Å². The molecule has 26 heavy (non-hydrogen) atoms.